The quantitative estimate of drug-likeness (QED) is 0.364. The molecule has 36 heavy (non-hydrogen) atoms. The van der Waals surface area contributed by atoms with Crippen LogP contribution >= 0.6 is 0 Å². The van der Waals surface area contributed by atoms with Gasteiger partial charge in [0.25, 0.3) is 5.56 Å². The smallest absolute Gasteiger partial charge is 0.256 e. The SMILES string of the molecule is Cc1cnc2cc([C@H]3CC[C@H](c4c(C)cccc4F)CC3)c(=O)n(Cc3nccnc3C3CC3)c2n1. The van der Waals surface area contributed by atoms with Crippen LogP contribution in [0.25, 0.3) is 11.2 Å². The lowest BCUT2D eigenvalue weighted by Crippen LogP contribution is -2.29. The second-order valence-electron chi connectivity index (χ2n) is 10.4. The molecule has 6 rings (SSSR count). The number of fused-ring (bicyclic) bond motifs is 1. The summed E-state index contributed by atoms with van der Waals surface area (Å²) in [5, 5.41) is 0. The van der Waals surface area contributed by atoms with E-state index in [1.54, 1.807) is 35.3 Å². The zero-order chi connectivity index (χ0) is 24.8. The van der Waals surface area contributed by atoms with E-state index in [4.69, 9.17) is 4.98 Å². The van der Waals surface area contributed by atoms with E-state index in [0.717, 1.165) is 77.8 Å². The van der Waals surface area contributed by atoms with E-state index >= 15 is 0 Å². The molecule has 0 amide bonds. The molecular formula is C29H30FN5O. The fourth-order valence-electron chi connectivity index (χ4n) is 5.88. The van der Waals surface area contributed by atoms with Gasteiger partial charge in [-0.15, -0.1) is 0 Å². The van der Waals surface area contributed by atoms with E-state index in [0.29, 0.717) is 18.1 Å². The van der Waals surface area contributed by atoms with Gasteiger partial charge in [0.1, 0.15) is 11.3 Å². The molecule has 0 atom stereocenters. The minimum Gasteiger partial charge on any atom is -0.285 e. The Labute approximate surface area is 209 Å². The number of nitrogens with zero attached hydrogens (tertiary/aromatic N) is 5. The zero-order valence-corrected chi connectivity index (χ0v) is 20.7. The summed E-state index contributed by atoms with van der Waals surface area (Å²) in [7, 11) is 0. The van der Waals surface area contributed by atoms with Gasteiger partial charge in [0.05, 0.1) is 23.6 Å². The highest BCUT2D eigenvalue weighted by Gasteiger charge is 2.30. The highest BCUT2D eigenvalue weighted by molar-refractivity contribution is 5.71. The Balaban J connectivity index is 1.36. The van der Waals surface area contributed by atoms with E-state index in [9.17, 15) is 9.18 Å². The first-order valence-electron chi connectivity index (χ1n) is 12.9. The number of rotatable bonds is 5. The third-order valence-corrected chi connectivity index (χ3v) is 7.87. The first-order chi connectivity index (χ1) is 17.5. The van der Waals surface area contributed by atoms with Gasteiger partial charge in [0, 0.05) is 30.1 Å². The van der Waals surface area contributed by atoms with Crippen LogP contribution in [-0.4, -0.2) is 24.5 Å². The third-order valence-electron chi connectivity index (χ3n) is 7.87. The number of pyridine rings is 1. The summed E-state index contributed by atoms with van der Waals surface area (Å²) >= 11 is 0. The molecule has 2 aliphatic rings. The number of aromatic nitrogens is 5. The average molecular weight is 484 g/mol. The summed E-state index contributed by atoms with van der Waals surface area (Å²) in [5.74, 6) is 0.619. The van der Waals surface area contributed by atoms with Crippen molar-refractivity contribution in [3.8, 4) is 0 Å². The average Bonchev–Trinajstić information content (AvgIpc) is 3.72. The van der Waals surface area contributed by atoms with Crippen LogP contribution in [0.5, 0.6) is 0 Å². The van der Waals surface area contributed by atoms with Crippen LogP contribution in [0.1, 0.15) is 90.1 Å². The van der Waals surface area contributed by atoms with E-state index in [1.807, 2.05) is 26.0 Å². The van der Waals surface area contributed by atoms with Gasteiger partial charge in [-0.25, -0.2) is 9.37 Å². The molecule has 1 aromatic carbocycles. The first-order valence-corrected chi connectivity index (χ1v) is 12.9. The van der Waals surface area contributed by atoms with Gasteiger partial charge in [-0.1, -0.05) is 12.1 Å². The van der Waals surface area contributed by atoms with E-state index in [1.165, 1.54) is 0 Å². The molecule has 0 saturated heterocycles. The van der Waals surface area contributed by atoms with Crippen molar-refractivity contribution >= 4 is 11.2 Å². The predicted molar refractivity (Wildman–Crippen MR) is 137 cm³/mol. The van der Waals surface area contributed by atoms with E-state index in [-0.39, 0.29) is 23.2 Å². The molecule has 2 fully saturated rings. The van der Waals surface area contributed by atoms with Crippen LogP contribution in [0.4, 0.5) is 4.39 Å². The molecule has 0 unspecified atom stereocenters. The van der Waals surface area contributed by atoms with Gasteiger partial charge in [-0.05, 0) is 87.5 Å². The number of halogens is 1. The number of hydrogen-bond acceptors (Lipinski definition) is 5. The van der Waals surface area contributed by atoms with Crippen molar-refractivity contribution in [2.24, 2.45) is 0 Å². The molecule has 2 aliphatic carbocycles. The number of aryl methyl sites for hydroxylation is 2. The van der Waals surface area contributed by atoms with Crippen LogP contribution in [0, 0.1) is 19.7 Å². The lowest BCUT2D eigenvalue weighted by atomic mass is 9.75. The van der Waals surface area contributed by atoms with Crippen molar-refractivity contribution in [3.63, 3.8) is 0 Å². The van der Waals surface area contributed by atoms with Crippen molar-refractivity contribution < 1.29 is 4.39 Å². The zero-order valence-electron chi connectivity index (χ0n) is 20.7. The fraction of sp³-hybridized carbons (Fsp3) is 0.414. The van der Waals surface area contributed by atoms with Crippen LogP contribution in [0.2, 0.25) is 0 Å². The van der Waals surface area contributed by atoms with E-state index in [2.05, 4.69) is 15.0 Å². The molecule has 2 saturated carbocycles. The molecule has 0 aliphatic heterocycles. The minimum absolute atomic E-state index is 0.0275. The molecule has 3 aromatic heterocycles. The maximum Gasteiger partial charge on any atom is 0.256 e. The predicted octanol–water partition coefficient (Wildman–Crippen LogP) is 5.70. The molecule has 6 nitrogen and oxygen atoms in total. The van der Waals surface area contributed by atoms with Crippen LogP contribution < -0.4 is 5.56 Å². The lowest BCUT2D eigenvalue weighted by Gasteiger charge is -2.30. The normalized spacial score (nSPS) is 20.1. The molecule has 0 bridgehead atoms. The van der Waals surface area contributed by atoms with Gasteiger partial charge in [-0.2, -0.15) is 0 Å². The summed E-state index contributed by atoms with van der Waals surface area (Å²) in [4.78, 5) is 32.4. The van der Waals surface area contributed by atoms with Crippen LogP contribution in [0.3, 0.4) is 0 Å². The minimum atomic E-state index is -0.118. The van der Waals surface area contributed by atoms with Crippen LogP contribution in [-0.2, 0) is 6.54 Å². The highest BCUT2D eigenvalue weighted by atomic mass is 19.1. The molecule has 7 heteroatoms. The van der Waals surface area contributed by atoms with Gasteiger partial charge < -0.3 is 0 Å². The Morgan fingerprint density at radius 1 is 0.944 bits per heavy atom. The topological polar surface area (TPSA) is 73.6 Å². The number of benzene rings is 1. The lowest BCUT2D eigenvalue weighted by molar-refractivity contribution is 0.384. The maximum atomic E-state index is 14.6. The summed E-state index contributed by atoms with van der Waals surface area (Å²) in [6.45, 7) is 4.21. The van der Waals surface area contributed by atoms with Crippen molar-refractivity contribution in [3.05, 3.63) is 92.8 Å². The molecule has 184 valence electrons. The molecule has 0 N–H and O–H groups in total. The molecule has 3 heterocycles. The molecular weight excluding hydrogens is 453 g/mol. The van der Waals surface area contributed by atoms with Crippen molar-refractivity contribution in [2.45, 2.75) is 76.7 Å². The summed E-state index contributed by atoms with van der Waals surface area (Å²) < 4.78 is 16.3. The van der Waals surface area contributed by atoms with Crippen molar-refractivity contribution in [2.75, 3.05) is 0 Å². The van der Waals surface area contributed by atoms with Gasteiger partial charge in [0.2, 0.25) is 0 Å². The second-order valence-corrected chi connectivity index (χ2v) is 10.4. The molecule has 4 aromatic rings. The standard InChI is InChI=1S/C29H30FN5O/c1-17-4-3-5-23(30)26(17)20-8-6-19(7-9-20)22-14-24-28(34-18(2)15-33-24)35(29(22)36)16-25-27(21-10-11-21)32-13-12-31-25/h3-5,12-15,19-21H,6-11,16H2,1-2H3/t19-,20-. The Kier molecular flexibility index (Phi) is 5.86. The van der Waals surface area contributed by atoms with Gasteiger partial charge in [0.15, 0.2) is 5.65 Å². The summed E-state index contributed by atoms with van der Waals surface area (Å²) in [6, 6.07) is 7.24. The first kappa shape index (κ1) is 23.0. The summed E-state index contributed by atoms with van der Waals surface area (Å²) in [6.07, 6.45) is 10.8. The molecule has 0 spiro atoms. The van der Waals surface area contributed by atoms with Crippen molar-refractivity contribution in [1.29, 1.82) is 0 Å². The second kappa shape index (κ2) is 9.19. The Morgan fingerprint density at radius 3 is 2.42 bits per heavy atom. The Bertz CT molecular complexity index is 1480. The van der Waals surface area contributed by atoms with E-state index < -0.39 is 0 Å². The van der Waals surface area contributed by atoms with Crippen LogP contribution in [0.15, 0.2) is 47.7 Å². The maximum absolute atomic E-state index is 14.6. The third kappa shape index (κ3) is 4.21. The Hall–Kier alpha value is -3.48. The number of hydrogen-bond donors (Lipinski definition) is 0. The summed E-state index contributed by atoms with van der Waals surface area (Å²) in [5.41, 5.74) is 6.50. The largest absolute Gasteiger partial charge is 0.285 e. The fourth-order valence-corrected chi connectivity index (χ4v) is 5.88. The monoisotopic (exact) mass is 483 g/mol. The van der Waals surface area contributed by atoms with Crippen molar-refractivity contribution in [1.82, 2.24) is 24.5 Å². The van der Waals surface area contributed by atoms with Gasteiger partial charge in [-0.3, -0.25) is 24.3 Å². The Morgan fingerprint density at radius 2 is 1.67 bits per heavy atom. The van der Waals surface area contributed by atoms with Gasteiger partial charge >= 0.3 is 0 Å². The molecule has 0 radical (unpaired) electrons. The highest BCUT2D eigenvalue weighted by Crippen LogP contribution is 2.42.